The molecule has 0 saturated heterocycles. The molecule has 0 aliphatic rings. The largest absolute Gasteiger partial charge is 0.456 e. The van der Waals surface area contributed by atoms with Crippen molar-refractivity contribution in [3.8, 4) is 0 Å². The van der Waals surface area contributed by atoms with Crippen LogP contribution in [0.25, 0.3) is 0 Å². The number of halogens is 2. The molecule has 7 heteroatoms. The van der Waals surface area contributed by atoms with E-state index in [1.54, 1.807) is 12.1 Å². The molecule has 0 saturated carbocycles. The van der Waals surface area contributed by atoms with Crippen LogP contribution in [0.4, 0.5) is 14.5 Å². The molecule has 0 heterocycles. The number of alkyl halides is 2. The van der Waals surface area contributed by atoms with Gasteiger partial charge >= 0.3 is 5.97 Å². The van der Waals surface area contributed by atoms with Crippen LogP contribution in [0.2, 0.25) is 0 Å². The van der Waals surface area contributed by atoms with E-state index in [2.05, 4.69) is 5.32 Å². The molecule has 0 fully saturated rings. The molecule has 132 valence electrons. The van der Waals surface area contributed by atoms with Crippen LogP contribution in [0.3, 0.4) is 0 Å². The summed E-state index contributed by atoms with van der Waals surface area (Å²) in [6, 6.07) is 15.7. The molecule has 1 amide bonds. The molecule has 0 atom stereocenters. The fraction of sp³-hybridized carbons (Fsp3) is 0.222. The number of hydrogen-bond acceptors (Lipinski definition) is 4. The Labute approximate surface area is 148 Å². The maximum Gasteiger partial charge on any atom is 0.306 e. The molecule has 2 aromatic rings. The highest BCUT2D eigenvalue weighted by atomic mass is 32.2. The molecule has 0 aliphatic carbocycles. The van der Waals surface area contributed by atoms with E-state index in [1.807, 2.05) is 30.3 Å². The zero-order valence-corrected chi connectivity index (χ0v) is 14.1. The molecular weight excluding hydrogens is 348 g/mol. The van der Waals surface area contributed by atoms with Gasteiger partial charge in [0.25, 0.3) is 11.7 Å². The summed E-state index contributed by atoms with van der Waals surface area (Å²) in [5, 5.41) is 2.47. The summed E-state index contributed by atoms with van der Waals surface area (Å²) in [5.74, 6) is -3.65. The van der Waals surface area contributed by atoms with Crippen molar-refractivity contribution in [1.82, 2.24) is 0 Å². The molecule has 0 bridgehead atoms. The Morgan fingerprint density at radius 2 is 1.72 bits per heavy atom. The first kappa shape index (κ1) is 18.9. The highest BCUT2D eigenvalue weighted by Crippen LogP contribution is 2.31. The molecule has 0 radical (unpaired) electrons. The molecule has 4 nitrogen and oxygen atoms in total. The summed E-state index contributed by atoms with van der Waals surface area (Å²) in [5.41, 5.74) is 1.26. The first-order chi connectivity index (χ1) is 12.0. The van der Waals surface area contributed by atoms with Gasteiger partial charge in [-0.25, -0.2) is 0 Å². The molecule has 2 rings (SSSR count). The van der Waals surface area contributed by atoms with Gasteiger partial charge in [0.05, 0.1) is 5.69 Å². The predicted molar refractivity (Wildman–Crippen MR) is 92.7 cm³/mol. The second-order valence-corrected chi connectivity index (χ2v) is 6.10. The van der Waals surface area contributed by atoms with Crippen LogP contribution in [0, 0.1) is 0 Å². The number of carbonyl (C=O) groups excluding carboxylic acids is 2. The predicted octanol–water partition coefficient (Wildman–Crippen LogP) is 4.12. The van der Waals surface area contributed by atoms with E-state index in [1.165, 1.54) is 12.1 Å². The minimum Gasteiger partial charge on any atom is -0.456 e. The highest BCUT2D eigenvalue weighted by molar-refractivity contribution is 7.99. The molecule has 0 aliphatic heterocycles. The Balaban J connectivity index is 1.78. The molecule has 25 heavy (non-hydrogen) atoms. The minimum atomic E-state index is -2.59. The van der Waals surface area contributed by atoms with Crippen molar-refractivity contribution in [2.24, 2.45) is 0 Å². The van der Waals surface area contributed by atoms with Crippen molar-refractivity contribution in [3.63, 3.8) is 0 Å². The van der Waals surface area contributed by atoms with Gasteiger partial charge in [-0.3, -0.25) is 9.59 Å². The van der Waals surface area contributed by atoms with Crippen LogP contribution in [0.5, 0.6) is 0 Å². The van der Waals surface area contributed by atoms with Crippen molar-refractivity contribution >= 4 is 29.3 Å². The Bertz CT molecular complexity index is 710. The first-order valence-corrected chi connectivity index (χ1v) is 8.46. The zero-order chi connectivity index (χ0) is 18.1. The van der Waals surface area contributed by atoms with Gasteiger partial charge in [0.2, 0.25) is 0 Å². The lowest BCUT2D eigenvalue weighted by Crippen LogP contribution is -2.21. The van der Waals surface area contributed by atoms with E-state index in [9.17, 15) is 18.4 Å². The number of nitrogens with one attached hydrogen (secondary N) is 1. The number of para-hydroxylation sites is 1. The Hall–Kier alpha value is -2.41. The van der Waals surface area contributed by atoms with Gasteiger partial charge in [-0.2, -0.15) is 8.78 Å². The number of rotatable bonds is 8. The lowest BCUT2D eigenvalue weighted by Gasteiger charge is -2.10. The van der Waals surface area contributed by atoms with Crippen molar-refractivity contribution in [2.75, 3.05) is 11.9 Å². The smallest absolute Gasteiger partial charge is 0.306 e. The van der Waals surface area contributed by atoms with Gasteiger partial charge in [0.1, 0.15) is 0 Å². The van der Waals surface area contributed by atoms with Crippen molar-refractivity contribution in [3.05, 3.63) is 60.2 Å². The number of ether oxygens (including phenoxy) is 1. The van der Waals surface area contributed by atoms with Crippen LogP contribution in [0.1, 0.15) is 12.0 Å². The maximum absolute atomic E-state index is 12.5. The molecular formula is C18H17F2NO3S. The van der Waals surface area contributed by atoms with Crippen molar-refractivity contribution in [2.45, 2.75) is 23.5 Å². The van der Waals surface area contributed by atoms with Crippen LogP contribution in [-0.4, -0.2) is 24.2 Å². The summed E-state index contributed by atoms with van der Waals surface area (Å²) in [6.07, 6.45) is 0.685. The van der Waals surface area contributed by atoms with Crippen LogP contribution < -0.4 is 5.32 Å². The molecule has 0 spiro atoms. The van der Waals surface area contributed by atoms with E-state index in [0.29, 0.717) is 18.2 Å². The van der Waals surface area contributed by atoms with Gasteiger partial charge in [-0.1, -0.05) is 54.2 Å². The number of aryl methyl sites for hydroxylation is 1. The molecule has 2 aromatic carbocycles. The summed E-state index contributed by atoms with van der Waals surface area (Å²) in [7, 11) is 0. The summed E-state index contributed by atoms with van der Waals surface area (Å²) in [6.45, 7) is -0.457. The van der Waals surface area contributed by atoms with Crippen LogP contribution >= 0.6 is 11.8 Å². The van der Waals surface area contributed by atoms with E-state index in [-0.39, 0.29) is 17.0 Å². The lowest BCUT2D eigenvalue weighted by molar-refractivity contribution is -0.147. The van der Waals surface area contributed by atoms with Gasteiger partial charge in [0.15, 0.2) is 6.61 Å². The average Bonchev–Trinajstić information content (AvgIpc) is 2.60. The Morgan fingerprint density at radius 1 is 1.04 bits per heavy atom. The number of amides is 1. The number of hydrogen-bond donors (Lipinski definition) is 1. The van der Waals surface area contributed by atoms with Gasteiger partial charge in [-0.15, -0.1) is 0 Å². The minimum absolute atomic E-state index is 0.162. The Kier molecular flexibility index (Phi) is 7.40. The lowest BCUT2D eigenvalue weighted by atomic mass is 10.1. The quantitative estimate of drug-likeness (QED) is 0.565. The SMILES string of the molecule is O=C(COC(=O)CCc1ccccc1)Nc1ccccc1SC(F)F. The average molecular weight is 365 g/mol. The number of esters is 1. The van der Waals surface area contributed by atoms with Gasteiger partial charge in [0, 0.05) is 11.3 Å². The third-order valence-corrected chi connectivity index (χ3v) is 3.99. The van der Waals surface area contributed by atoms with Crippen molar-refractivity contribution < 1.29 is 23.1 Å². The third kappa shape index (κ3) is 6.93. The van der Waals surface area contributed by atoms with Crippen LogP contribution in [-0.2, 0) is 20.7 Å². The highest BCUT2D eigenvalue weighted by Gasteiger charge is 2.13. The number of thioether (sulfide) groups is 1. The topological polar surface area (TPSA) is 55.4 Å². The van der Waals surface area contributed by atoms with Gasteiger partial charge < -0.3 is 10.1 Å². The number of benzene rings is 2. The standard InChI is InChI=1S/C18H17F2NO3S/c19-18(20)25-15-9-5-4-8-14(15)21-16(22)12-24-17(23)11-10-13-6-2-1-3-7-13/h1-9,18H,10-12H2,(H,21,22). The second kappa shape index (κ2) is 9.78. The van der Waals surface area contributed by atoms with Crippen LogP contribution in [0.15, 0.2) is 59.5 Å². The molecule has 0 unspecified atom stereocenters. The Morgan fingerprint density at radius 3 is 2.44 bits per heavy atom. The summed E-state index contributed by atoms with van der Waals surface area (Å²) in [4.78, 5) is 23.8. The first-order valence-electron chi connectivity index (χ1n) is 7.58. The third-order valence-electron chi connectivity index (χ3n) is 3.20. The monoisotopic (exact) mass is 365 g/mol. The van der Waals surface area contributed by atoms with E-state index >= 15 is 0 Å². The fourth-order valence-corrected chi connectivity index (χ4v) is 2.66. The van der Waals surface area contributed by atoms with Gasteiger partial charge in [-0.05, 0) is 24.1 Å². The molecule has 0 aromatic heterocycles. The van der Waals surface area contributed by atoms with E-state index in [4.69, 9.17) is 4.74 Å². The fourth-order valence-electron chi connectivity index (χ4n) is 2.06. The summed E-state index contributed by atoms with van der Waals surface area (Å²) >= 11 is 0.341. The van der Waals surface area contributed by atoms with E-state index in [0.717, 1.165) is 5.56 Å². The molecule has 1 N–H and O–H groups in total. The van der Waals surface area contributed by atoms with E-state index < -0.39 is 24.2 Å². The van der Waals surface area contributed by atoms with Crippen molar-refractivity contribution in [1.29, 1.82) is 0 Å². The second-order valence-electron chi connectivity index (χ2n) is 5.07. The summed E-state index contributed by atoms with van der Waals surface area (Å²) < 4.78 is 29.9. The number of anilines is 1. The number of carbonyl (C=O) groups is 2. The normalized spacial score (nSPS) is 10.5. The zero-order valence-electron chi connectivity index (χ0n) is 13.3. The maximum atomic E-state index is 12.5.